The first-order valence-corrected chi connectivity index (χ1v) is 7.49. The summed E-state index contributed by atoms with van der Waals surface area (Å²) in [5.74, 6) is -0.484. The van der Waals surface area contributed by atoms with Crippen molar-refractivity contribution in [2.24, 2.45) is 5.73 Å². The van der Waals surface area contributed by atoms with Crippen LogP contribution in [0.3, 0.4) is 0 Å². The van der Waals surface area contributed by atoms with Crippen LogP contribution >= 0.6 is 35.6 Å². The molecule has 0 spiro atoms. The number of benzene rings is 1. The molecule has 0 radical (unpaired) electrons. The summed E-state index contributed by atoms with van der Waals surface area (Å²) in [7, 11) is 0. The average Bonchev–Trinajstić information content (AvgIpc) is 2.47. The lowest BCUT2D eigenvalue weighted by Gasteiger charge is -2.30. The summed E-state index contributed by atoms with van der Waals surface area (Å²) >= 11 is 11.6. The maximum atomic E-state index is 12.0. The molecule has 1 aromatic carbocycles. The minimum absolute atomic E-state index is 0. The number of likely N-dealkylation sites (tertiary alicyclic amines) is 1. The van der Waals surface area contributed by atoms with E-state index >= 15 is 0 Å². The van der Waals surface area contributed by atoms with Crippen molar-refractivity contribution >= 4 is 47.4 Å². The highest BCUT2D eigenvalue weighted by Crippen LogP contribution is 2.22. The van der Waals surface area contributed by atoms with Crippen LogP contribution in [0.5, 0.6) is 0 Å². The number of piperidine rings is 1. The highest BCUT2D eigenvalue weighted by molar-refractivity contribution is 6.42. The van der Waals surface area contributed by atoms with Gasteiger partial charge in [-0.1, -0.05) is 23.2 Å². The van der Waals surface area contributed by atoms with E-state index in [4.69, 9.17) is 28.9 Å². The van der Waals surface area contributed by atoms with Gasteiger partial charge in [0, 0.05) is 24.7 Å². The molecule has 0 aliphatic carbocycles. The quantitative estimate of drug-likeness (QED) is 0.860. The van der Waals surface area contributed by atoms with Gasteiger partial charge in [-0.3, -0.25) is 9.59 Å². The van der Waals surface area contributed by atoms with Crippen LogP contribution in [-0.2, 0) is 4.79 Å². The molecule has 22 heavy (non-hydrogen) atoms. The van der Waals surface area contributed by atoms with Crippen molar-refractivity contribution in [3.63, 3.8) is 0 Å². The summed E-state index contributed by atoms with van der Waals surface area (Å²) in [6.45, 7) is 1.18. The summed E-state index contributed by atoms with van der Waals surface area (Å²) in [6.07, 6.45) is 1.83. The zero-order chi connectivity index (χ0) is 15.4. The number of halogens is 3. The second-order valence-electron chi connectivity index (χ2n) is 5.05. The minimum atomic E-state index is -0.358. The summed E-state index contributed by atoms with van der Waals surface area (Å²) < 4.78 is 0. The molecule has 0 aromatic heterocycles. The Labute approximate surface area is 145 Å². The van der Waals surface area contributed by atoms with Gasteiger partial charge in [-0.15, -0.1) is 12.4 Å². The van der Waals surface area contributed by atoms with Crippen LogP contribution in [0.25, 0.3) is 0 Å². The number of carbonyl (C=O) groups is 2. The zero-order valence-corrected chi connectivity index (χ0v) is 14.2. The van der Waals surface area contributed by atoms with Crippen LogP contribution in [-0.4, -0.2) is 42.4 Å². The van der Waals surface area contributed by atoms with E-state index in [-0.39, 0.29) is 36.8 Å². The van der Waals surface area contributed by atoms with Gasteiger partial charge in [-0.25, -0.2) is 0 Å². The molecule has 1 atom stereocenters. The van der Waals surface area contributed by atoms with Crippen LogP contribution in [0, 0.1) is 0 Å². The molecule has 0 bridgehead atoms. The number of carbonyl (C=O) groups excluding carboxylic acids is 2. The molecule has 2 rings (SSSR count). The number of hydrogen-bond donors (Lipinski definition) is 2. The third-order valence-corrected chi connectivity index (χ3v) is 4.13. The maximum Gasteiger partial charge on any atom is 0.251 e. The number of nitrogens with one attached hydrogen (secondary N) is 1. The Balaban J connectivity index is 0.00000242. The van der Waals surface area contributed by atoms with Crippen LogP contribution in [0.1, 0.15) is 23.2 Å². The lowest BCUT2D eigenvalue weighted by molar-refractivity contribution is -0.131. The second kappa shape index (κ2) is 8.58. The van der Waals surface area contributed by atoms with E-state index < -0.39 is 0 Å². The van der Waals surface area contributed by atoms with Gasteiger partial charge < -0.3 is 16.0 Å². The molecule has 1 aliphatic rings. The van der Waals surface area contributed by atoms with E-state index in [1.165, 1.54) is 6.07 Å². The van der Waals surface area contributed by atoms with E-state index in [0.29, 0.717) is 28.7 Å². The molecular formula is C14H18Cl3N3O2. The summed E-state index contributed by atoms with van der Waals surface area (Å²) in [5.41, 5.74) is 6.20. The van der Waals surface area contributed by atoms with E-state index in [9.17, 15) is 9.59 Å². The molecule has 0 saturated carbocycles. The van der Waals surface area contributed by atoms with Crippen molar-refractivity contribution in [3.8, 4) is 0 Å². The monoisotopic (exact) mass is 365 g/mol. The van der Waals surface area contributed by atoms with Crippen molar-refractivity contribution in [2.75, 3.05) is 19.6 Å². The van der Waals surface area contributed by atoms with Crippen LogP contribution < -0.4 is 11.1 Å². The Morgan fingerprint density at radius 3 is 2.68 bits per heavy atom. The van der Waals surface area contributed by atoms with Crippen LogP contribution in [0.2, 0.25) is 10.0 Å². The van der Waals surface area contributed by atoms with E-state index in [1.807, 2.05) is 0 Å². The predicted octanol–water partition coefficient (Wildman–Crippen LogP) is 2.09. The number of rotatable bonds is 3. The lowest BCUT2D eigenvalue weighted by Crippen LogP contribution is -2.48. The van der Waals surface area contributed by atoms with Gasteiger partial charge in [0.2, 0.25) is 5.91 Å². The first kappa shape index (κ1) is 19.0. The SMILES string of the molecule is Cl.NC1CCCN(C(=O)CNC(=O)c2ccc(Cl)c(Cl)c2)C1. The zero-order valence-electron chi connectivity index (χ0n) is 11.9. The molecule has 1 aliphatic heterocycles. The predicted molar refractivity (Wildman–Crippen MR) is 89.8 cm³/mol. The molecule has 5 nitrogen and oxygen atoms in total. The van der Waals surface area contributed by atoms with Crippen molar-refractivity contribution in [1.82, 2.24) is 10.2 Å². The van der Waals surface area contributed by atoms with Crippen molar-refractivity contribution < 1.29 is 9.59 Å². The Morgan fingerprint density at radius 2 is 2.05 bits per heavy atom. The fourth-order valence-electron chi connectivity index (χ4n) is 2.24. The largest absolute Gasteiger partial charge is 0.343 e. The van der Waals surface area contributed by atoms with Gasteiger partial charge in [0.25, 0.3) is 5.91 Å². The first-order valence-electron chi connectivity index (χ1n) is 6.74. The van der Waals surface area contributed by atoms with E-state index in [1.54, 1.807) is 17.0 Å². The molecule has 1 fully saturated rings. The highest BCUT2D eigenvalue weighted by atomic mass is 35.5. The van der Waals surface area contributed by atoms with Gasteiger partial charge in [0.15, 0.2) is 0 Å². The smallest absolute Gasteiger partial charge is 0.251 e. The first-order chi connectivity index (χ1) is 9.97. The van der Waals surface area contributed by atoms with Gasteiger partial charge >= 0.3 is 0 Å². The van der Waals surface area contributed by atoms with E-state index in [0.717, 1.165) is 12.8 Å². The maximum absolute atomic E-state index is 12.0. The average molecular weight is 367 g/mol. The summed E-state index contributed by atoms with van der Waals surface area (Å²) in [6, 6.07) is 4.60. The molecule has 122 valence electrons. The molecule has 1 aromatic rings. The molecule has 1 saturated heterocycles. The fraction of sp³-hybridized carbons (Fsp3) is 0.429. The fourth-order valence-corrected chi connectivity index (χ4v) is 2.54. The Hall–Kier alpha value is -1.01. The van der Waals surface area contributed by atoms with Gasteiger partial charge in [0.1, 0.15) is 0 Å². The second-order valence-corrected chi connectivity index (χ2v) is 5.87. The van der Waals surface area contributed by atoms with Crippen molar-refractivity contribution in [2.45, 2.75) is 18.9 Å². The Kier molecular flexibility index (Phi) is 7.42. The molecule has 2 amide bonds. The number of nitrogens with zero attached hydrogens (tertiary/aromatic N) is 1. The third kappa shape index (κ3) is 5.02. The summed E-state index contributed by atoms with van der Waals surface area (Å²) in [5, 5.41) is 3.27. The normalized spacial score (nSPS) is 17.6. The lowest BCUT2D eigenvalue weighted by atomic mass is 10.1. The number of amides is 2. The molecule has 1 heterocycles. The molecule has 8 heteroatoms. The van der Waals surface area contributed by atoms with Crippen molar-refractivity contribution in [1.29, 1.82) is 0 Å². The van der Waals surface area contributed by atoms with Gasteiger partial charge in [-0.05, 0) is 31.0 Å². The topological polar surface area (TPSA) is 75.4 Å². The van der Waals surface area contributed by atoms with Gasteiger partial charge in [0.05, 0.1) is 16.6 Å². The highest BCUT2D eigenvalue weighted by Gasteiger charge is 2.21. The number of nitrogens with two attached hydrogens (primary N) is 1. The number of hydrogen-bond acceptors (Lipinski definition) is 3. The Bertz CT molecular complexity index is 554. The van der Waals surface area contributed by atoms with E-state index in [2.05, 4.69) is 5.32 Å². The van der Waals surface area contributed by atoms with Crippen molar-refractivity contribution in [3.05, 3.63) is 33.8 Å². The summed E-state index contributed by atoms with van der Waals surface area (Å²) in [4.78, 5) is 25.6. The molecular weight excluding hydrogens is 349 g/mol. The third-order valence-electron chi connectivity index (χ3n) is 3.39. The molecule has 3 N–H and O–H groups in total. The Morgan fingerprint density at radius 1 is 1.32 bits per heavy atom. The van der Waals surface area contributed by atoms with Crippen LogP contribution in [0.15, 0.2) is 18.2 Å². The minimum Gasteiger partial charge on any atom is -0.343 e. The standard InChI is InChI=1S/C14H17Cl2N3O2.ClH/c15-11-4-3-9(6-12(11)16)14(21)18-7-13(20)19-5-1-2-10(17)8-19;/h3-4,6,10H,1-2,5,7-8,17H2,(H,18,21);1H. The molecule has 1 unspecified atom stereocenters. The van der Waals surface area contributed by atoms with Crippen LogP contribution in [0.4, 0.5) is 0 Å². The van der Waals surface area contributed by atoms with Gasteiger partial charge in [-0.2, -0.15) is 0 Å².